The molecule has 1 aromatic rings. The molecule has 0 aliphatic heterocycles. The van der Waals surface area contributed by atoms with E-state index in [1.54, 1.807) is 18.2 Å². The molecule has 0 heterocycles. The first-order chi connectivity index (χ1) is 12.5. The summed E-state index contributed by atoms with van der Waals surface area (Å²) >= 11 is 0. The number of carbonyl (C=O) groups is 2. The molecule has 0 aromatic heterocycles. The van der Waals surface area contributed by atoms with Gasteiger partial charge < -0.3 is 15.2 Å². The minimum absolute atomic E-state index is 0.00814. The molecule has 0 aliphatic carbocycles. The smallest absolute Gasteiger partial charge is 0.163 e. The Hall–Kier alpha value is -2.14. The largest absolute Gasteiger partial charge is 0.504 e. The van der Waals surface area contributed by atoms with Crippen LogP contribution in [0, 0.1) is 5.92 Å². The summed E-state index contributed by atoms with van der Waals surface area (Å²) in [5, 5.41) is 12.7. The summed E-state index contributed by atoms with van der Waals surface area (Å²) in [6, 6.07) is 4.82. The first-order valence-corrected chi connectivity index (χ1v) is 9.20. The number of aromatic hydroxyl groups is 1. The lowest BCUT2D eigenvalue weighted by atomic mass is 10.0. The number of methoxy groups -OCH3 is 1. The molecule has 5 nitrogen and oxygen atoms in total. The number of phenols is 1. The third-order valence-corrected chi connectivity index (χ3v) is 4.24. The number of rotatable bonds is 13. The van der Waals surface area contributed by atoms with Crippen LogP contribution < -0.4 is 10.1 Å². The second-order valence-corrected chi connectivity index (χ2v) is 6.71. The van der Waals surface area contributed by atoms with Crippen LogP contribution in [0.15, 0.2) is 24.3 Å². The maximum absolute atomic E-state index is 11.9. The van der Waals surface area contributed by atoms with E-state index in [9.17, 15) is 14.7 Å². The summed E-state index contributed by atoms with van der Waals surface area (Å²) in [7, 11) is 3.42. The van der Waals surface area contributed by atoms with Crippen LogP contribution >= 0.6 is 0 Å². The average Bonchev–Trinajstić information content (AvgIpc) is 2.61. The number of hydrogen-bond acceptors (Lipinski definition) is 5. The van der Waals surface area contributed by atoms with Crippen LogP contribution in [0.4, 0.5) is 0 Å². The molecular formula is C21H31NO4. The number of allylic oxidation sites excluding steroid dienone is 1. The molecule has 2 N–H and O–H groups in total. The van der Waals surface area contributed by atoms with Gasteiger partial charge in [0.25, 0.3) is 0 Å². The van der Waals surface area contributed by atoms with E-state index in [1.165, 1.54) is 19.3 Å². The number of Topliss-reactive ketones (excluding diaryl/α,β-unsaturated/α-hetero) is 1. The Labute approximate surface area is 156 Å². The van der Waals surface area contributed by atoms with Crippen molar-refractivity contribution in [2.75, 3.05) is 20.7 Å². The number of benzene rings is 1. The minimum Gasteiger partial charge on any atom is -0.504 e. The van der Waals surface area contributed by atoms with E-state index in [0.29, 0.717) is 18.1 Å². The van der Waals surface area contributed by atoms with E-state index in [0.717, 1.165) is 37.8 Å². The number of phenolic OH excluding ortho intramolecular Hbond substituents is 1. The average molecular weight is 361 g/mol. The number of hydrogen-bond donors (Lipinski definition) is 2. The lowest BCUT2D eigenvalue weighted by Gasteiger charge is -2.09. The maximum atomic E-state index is 11.9. The second kappa shape index (κ2) is 12.3. The van der Waals surface area contributed by atoms with E-state index < -0.39 is 0 Å². The van der Waals surface area contributed by atoms with Gasteiger partial charge in [0, 0.05) is 6.42 Å². The molecule has 0 saturated heterocycles. The van der Waals surface area contributed by atoms with Crippen molar-refractivity contribution in [2.24, 2.45) is 5.92 Å². The molecule has 0 spiro atoms. The number of ketones is 2. The molecule has 0 amide bonds. The zero-order chi connectivity index (χ0) is 19.4. The highest BCUT2D eigenvalue weighted by Crippen LogP contribution is 2.26. The van der Waals surface area contributed by atoms with E-state index >= 15 is 0 Å². The molecule has 0 aliphatic rings. The van der Waals surface area contributed by atoms with Crippen molar-refractivity contribution in [2.45, 2.75) is 45.4 Å². The van der Waals surface area contributed by atoms with Gasteiger partial charge in [-0.25, -0.2) is 0 Å². The fraction of sp³-hybridized carbons (Fsp3) is 0.524. The van der Waals surface area contributed by atoms with E-state index in [4.69, 9.17) is 4.74 Å². The Morgan fingerprint density at radius 2 is 2.04 bits per heavy atom. The fourth-order valence-corrected chi connectivity index (χ4v) is 2.77. The first-order valence-electron chi connectivity index (χ1n) is 9.20. The van der Waals surface area contributed by atoms with Gasteiger partial charge in [0.15, 0.2) is 17.3 Å². The van der Waals surface area contributed by atoms with Gasteiger partial charge in [-0.15, -0.1) is 0 Å². The quantitative estimate of drug-likeness (QED) is 0.318. The Bertz CT molecular complexity index is 610. The van der Waals surface area contributed by atoms with Crippen molar-refractivity contribution in [3.63, 3.8) is 0 Å². The van der Waals surface area contributed by atoms with Crippen molar-refractivity contribution in [3.8, 4) is 11.5 Å². The van der Waals surface area contributed by atoms with Crippen LogP contribution in [0.25, 0.3) is 6.08 Å². The SMILES string of the molecule is CNC[C@H](C)CCCCCC(=O)CC(=O)/C=C/c1ccc(O)c(OC)c1. The van der Waals surface area contributed by atoms with Crippen LogP contribution in [0.1, 0.15) is 51.0 Å². The van der Waals surface area contributed by atoms with Crippen LogP contribution in [0.5, 0.6) is 11.5 Å². The summed E-state index contributed by atoms with van der Waals surface area (Å²) in [6.45, 7) is 3.24. The molecule has 0 unspecified atom stereocenters. The number of carbonyl (C=O) groups excluding carboxylic acids is 2. The zero-order valence-corrected chi connectivity index (χ0v) is 16.1. The van der Waals surface area contributed by atoms with Crippen molar-refractivity contribution >= 4 is 17.6 Å². The van der Waals surface area contributed by atoms with Gasteiger partial charge in [-0.3, -0.25) is 9.59 Å². The molecule has 0 radical (unpaired) electrons. The Morgan fingerprint density at radius 1 is 1.27 bits per heavy atom. The predicted molar refractivity (Wildman–Crippen MR) is 104 cm³/mol. The first kappa shape index (κ1) is 21.9. The lowest BCUT2D eigenvalue weighted by Crippen LogP contribution is -2.15. The molecule has 144 valence electrons. The highest BCUT2D eigenvalue weighted by atomic mass is 16.5. The molecule has 1 rings (SSSR count). The Kier molecular flexibility index (Phi) is 10.3. The minimum atomic E-state index is -0.204. The molecule has 0 bridgehead atoms. The van der Waals surface area contributed by atoms with E-state index in [1.807, 2.05) is 7.05 Å². The summed E-state index contributed by atoms with van der Waals surface area (Å²) in [6.07, 6.45) is 7.59. The molecule has 5 heteroatoms. The van der Waals surface area contributed by atoms with Crippen molar-refractivity contribution in [1.82, 2.24) is 5.32 Å². The van der Waals surface area contributed by atoms with Gasteiger partial charge in [-0.05, 0) is 56.1 Å². The monoisotopic (exact) mass is 361 g/mol. The number of unbranched alkanes of at least 4 members (excludes halogenated alkanes) is 2. The Morgan fingerprint density at radius 3 is 2.73 bits per heavy atom. The second-order valence-electron chi connectivity index (χ2n) is 6.71. The van der Waals surface area contributed by atoms with Gasteiger partial charge in [-0.1, -0.05) is 31.9 Å². The van der Waals surface area contributed by atoms with Gasteiger partial charge in [-0.2, -0.15) is 0 Å². The predicted octanol–water partition coefficient (Wildman–Crippen LogP) is 3.75. The van der Waals surface area contributed by atoms with Crippen LogP contribution in [-0.4, -0.2) is 37.4 Å². The maximum Gasteiger partial charge on any atom is 0.163 e. The molecule has 0 fully saturated rings. The van der Waals surface area contributed by atoms with Gasteiger partial charge in [0.2, 0.25) is 0 Å². The molecule has 26 heavy (non-hydrogen) atoms. The highest BCUT2D eigenvalue weighted by Gasteiger charge is 2.08. The summed E-state index contributed by atoms with van der Waals surface area (Å²) in [4.78, 5) is 23.8. The van der Waals surface area contributed by atoms with E-state index in [2.05, 4.69) is 12.2 Å². The summed E-state index contributed by atoms with van der Waals surface area (Å²) in [5.74, 6) is 0.836. The standard InChI is InChI=1S/C21H31NO4/c1-16(15-22-2)7-5-4-6-8-18(23)14-19(24)11-9-17-10-12-20(25)21(13-17)26-3/h9-13,16,22,25H,4-8,14-15H2,1-3H3/b11-9+/t16-/m1/s1. The van der Waals surface area contributed by atoms with Crippen molar-refractivity contribution in [3.05, 3.63) is 29.8 Å². The van der Waals surface area contributed by atoms with Crippen molar-refractivity contribution in [1.29, 1.82) is 0 Å². The topological polar surface area (TPSA) is 75.6 Å². The normalized spacial score (nSPS) is 12.3. The number of nitrogens with one attached hydrogen (secondary N) is 1. The Balaban J connectivity index is 2.29. The van der Waals surface area contributed by atoms with Gasteiger partial charge in [0.05, 0.1) is 13.5 Å². The molecule has 0 saturated carbocycles. The summed E-state index contributed by atoms with van der Waals surface area (Å²) in [5.41, 5.74) is 0.733. The third kappa shape index (κ3) is 8.81. The summed E-state index contributed by atoms with van der Waals surface area (Å²) < 4.78 is 5.02. The highest BCUT2D eigenvalue weighted by molar-refractivity contribution is 6.06. The van der Waals surface area contributed by atoms with Crippen LogP contribution in [-0.2, 0) is 9.59 Å². The van der Waals surface area contributed by atoms with Gasteiger partial charge in [0.1, 0.15) is 5.78 Å². The molecule has 1 aromatic carbocycles. The van der Waals surface area contributed by atoms with Crippen LogP contribution in [0.3, 0.4) is 0 Å². The zero-order valence-electron chi connectivity index (χ0n) is 16.1. The molecule has 1 atom stereocenters. The third-order valence-electron chi connectivity index (χ3n) is 4.24. The number of ether oxygens (including phenoxy) is 1. The molecular weight excluding hydrogens is 330 g/mol. The lowest BCUT2D eigenvalue weighted by molar-refractivity contribution is -0.124. The van der Waals surface area contributed by atoms with Gasteiger partial charge >= 0.3 is 0 Å². The van der Waals surface area contributed by atoms with Crippen LogP contribution in [0.2, 0.25) is 0 Å². The fourth-order valence-electron chi connectivity index (χ4n) is 2.77. The van der Waals surface area contributed by atoms with E-state index in [-0.39, 0.29) is 23.7 Å². The van der Waals surface area contributed by atoms with Crippen molar-refractivity contribution < 1.29 is 19.4 Å².